The molecule has 0 radical (unpaired) electrons. The number of halogens is 1. The van der Waals surface area contributed by atoms with Crippen molar-refractivity contribution < 1.29 is 5.11 Å². The van der Waals surface area contributed by atoms with Gasteiger partial charge in [-0.3, -0.25) is 0 Å². The van der Waals surface area contributed by atoms with Gasteiger partial charge < -0.3 is 10.4 Å². The highest BCUT2D eigenvalue weighted by Gasteiger charge is 2.21. The third kappa shape index (κ3) is 2.81. The zero-order valence-corrected chi connectivity index (χ0v) is 14.5. The molecule has 3 aromatic heterocycles. The van der Waals surface area contributed by atoms with E-state index >= 15 is 0 Å². The topological polar surface area (TPSA) is 104 Å². The largest absolute Gasteiger partial charge is 0.506 e. The molecule has 1 saturated heterocycles. The van der Waals surface area contributed by atoms with Gasteiger partial charge in [-0.2, -0.15) is 10.4 Å². The Morgan fingerprint density at radius 1 is 1.36 bits per heavy atom. The van der Waals surface area contributed by atoms with Gasteiger partial charge in [-0.05, 0) is 38.9 Å². The summed E-state index contributed by atoms with van der Waals surface area (Å²) in [6.45, 7) is 3.95. The number of aromatic nitrogens is 5. The van der Waals surface area contributed by atoms with Crippen LogP contribution in [-0.4, -0.2) is 42.8 Å². The van der Waals surface area contributed by atoms with E-state index in [1.807, 2.05) is 17.7 Å². The molecule has 2 N–H and O–H groups in total. The van der Waals surface area contributed by atoms with Crippen molar-refractivity contribution >= 4 is 17.9 Å². The Bertz CT molecular complexity index is 949. The van der Waals surface area contributed by atoms with Gasteiger partial charge in [0, 0.05) is 11.8 Å². The van der Waals surface area contributed by atoms with E-state index in [1.165, 1.54) is 10.7 Å². The molecule has 3 aromatic rings. The minimum atomic E-state index is 0. The Morgan fingerprint density at radius 3 is 2.84 bits per heavy atom. The molecule has 4 rings (SSSR count). The molecule has 0 aliphatic carbocycles. The molecule has 130 valence electrons. The van der Waals surface area contributed by atoms with Gasteiger partial charge in [0.05, 0.1) is 17.9 Å². The fourth-order valence-electron chi connectivity index (χ4n) is 3.32. The molecule has 0 bridgehead atoms. The van der Waals surface area contributed by atoms with E-state index in [2.05, 4.69) is 20.7 Å². The average molecular weight is 360 g/mol. The van der Waals surface area contributed by atoms with Gasteiger partial charge in [-0.1, -0.05) is 5.21 Å². The highest BCUT2D eigenvalue weighted by molar-refractivity contribution is 5.85. The van der Waals surface area contributed by atoms with Crippen molar-refractivity contribution in [1.29, 1.82) is 5.26 Å². The number of fused-ring (bicyclic) bond motifs is 1. The lowest BCUT2D eigenvalue weighted by atomic mass is 10.1. The molecular formula is C16H18ClN7O. The molecule has 4 heterocycles. The fourth-order valence-corrected chi connectivity index (χ4v) is 3.32. The van der Waals surface area contributed by atoms with E-state index in [4.69, 9.17) is 5.26 Å². The van der Waals surface area contributed by atoms with E-state index < -0.39 is 0 Å². The third-order valence-electron chi connectivity index (χ3n) is 4.57. The molecule has 9 heteroatoms. The summed E-state index contributed by atoms with van der Waals surface area (Å²) in [6.07, 6.45) is 5.26. The van der Waals surface area contributed by atoms with Crippen LogP contribution in [0.3, 0.4) is 0 Å². The van der Waals surface area contributed by atoms with Crippen LogP contribution >= 0.6 is 12.4 Å². The molecule has 0 unspecified atom stereocenters. The molecule has 1 aliphatic heterocycles. The minimum absolute atomic E-state index is 0. The Morgan fingerprint density at radius 2 is 2.12 bits per heavy atom. The van der Waals surface area contributed by atoms with Crippen molar-refractivity contribution in [2.24, 2.45) is 0 Å². The van der Waals surface area contributed by atoms with Crippen LogP contribution in [0.25, 0.3) is 16.8 Å². The minimum Gasteiger partial charge on any atom is -0.506 e. The SMILES string of the molecule is Cc1c(-c2cc(O)c3c(C#N)cnn3c2)nnn1C1CCNCC1.Cl. The molecule has 25 heavy (non-hydrogen) atoms. The smallest absolute Gasteiger partial charge is 0.143 e. The van der Waals surface area contributed by atoms with Crippen molar-refractivity contribution in [2.75, 3.05) is 13.1 Å². The van der Waals surface area contributed by atoms with Crippen LogP contribution in [-0.2, 0) is 0 Å². The van der Waals surface area contributed by atoms with Crippen molar-refractivity contribution in [3.63, 3.8) is 0 Å². The number of piperidine rings is 1. The van der Waals surface area contributed by atoms with Crippen LogP contribution in [0.15, 0.2) is 18.5 Å². The van der Waals surface area contributed by atoms with Crippen molar-refractivity contribution in [2.45, 2.75) is 25.8 Å². The van der Waals surface area contributed by atoms with Gasteiger partial charge in [0.15, 0.2) is 0 Å². The normalized spacial score (nSPS) is 15.0. The first-order valence-electron chi connectivity index (χ1n) is 7.92. The second-order valence-corrected chi connectivity index (χ2v) is 6.03. The summed E-state index contributed by atoms with van der Waals surface area (Å²) in [7, 11) is 0. The summed E-state index contributed by atoms with van der Waals surface area (Å²) in [5, 5.41) is 35.5. The zero-order valence-electron chi connectivity index (χ0n) is 13.7. The highest BCUT2D eigenvalue weighted by atomic mass is 35.5. The van der Waals surface area contributed by atoms with E-state index in [-0.39, 0.29) is 18.2 Å². The first-order chi connectivity index (χ1) is 11.7. The molecule has 8 nitrogen and oxygen atoms in total. The quantitative estimate of drug-likeness (QED) is 0.723. The Labute approximate surface area is 150 Å². The Balaban J connectivity index is 0.00000182. The number of nitrogens with zero attached hydrogens (tertiary/aromatic N) is 6. The van der Waals surface area contributed by atoms with Gasteiger partial charge in [0.2, 0.25) is 0 Å². The number of hydrogen-bond donors (Lipinski definition) is 2. The maximum absolute atomic E-state index is 10.3. The van der Waals surface area contributed by atoms with Crippen LogP contribution in [0.5, 0.6) is 5.75 Å². The predicted octanol–water partition coefficient (Wildman–Crippen LogP) is 1.82. The van der Waals surface area contributed by atoms with Crippen LogP contribution in [0.4, 0.5) is 0 Å². The summed E-state index contributed by atoms with van der Waals surface area (Å²) in [4.78, 5) is 0. The van der Waals surface area contributed by atoms with E-state index in [0.29, 0.717) is 17.1 Å². The summed E-state index contributed by atoms with van der Waals surface area (Å²) >= 11 is 0. The molecule has 1 fully saturated rings. The first-order valence-corrected chi connectivity index (χ1v) is 7.92. The van der Waals surface area contributed by atoms with Gasteiger partial charge in [-0.25, -0.2) is 9.20 Å². The third-order valence-corrected chi connectivity index (χ3v) is 4.57. The molecule has 0 spiro atoms. The molecule has 0 aromatic carbocycles. The standard InChI is InChI=1S/C16H17N7O.ClH/c1-10-15(20-21-23(10)13-2-4-18-5-3-13)11-6-14(24)16-12(7-17)8-19-22(16)9-11;/h6,8-9,13,18,24H,2-5H2,1H3;1H. The van der Waals surface area contributed by atoms with Crippen LogP contribution in [0.2, 0.25) is 0 Å². The number of rotatable bonds is 2. The number of aromatic hydroxyl groups is 1. The number of nitriles is 1. The van der Waals surface area contributed by atoms with Crippen molar-refractivity contribution in [3.8, 4) is 23.1 Å². The van der Waals surface area contributed by atoms with Crippen LogP contribution in [0.1, 0.15) is 30.1 Å². The first kappa shape index (κ1) is 17.2. The van der Waals surface area contributed by atoms with Crippen LogP contribution in [0, 0.1) is 18.3 Å². The number of pyridine rings is 1. The maximum atomic E-state index is 10.3. The summed E-state index contributed by atoms with van der Waals surface area (Å²) in [6, 6.07) is 3.99. The van der Waals surface area contributed by atoms with Gasteiger partial charge in [0.25, 0.3) is 0 Å². The van der Waals surface area contributed by atoms with E-state index in [9.17, 15) is 5.11 Å². The van der Waals surface area contributed by atoms with Crippen LogP contribution < -0.4 is 5.32 Å². The molecule has 0 atom stereocenters. The lowest BCUT2D eigenvalue weighted by molar-refractivity contribution is 0.333. The van der Waals surface area contributed by atoms with Gasteiger partial charge in [-0.15, -0.1) is 17.5 Å². The second-order valence-electron chi connectivity index (χ2n) is 6.03. The predicted molar refractivity (Wildman–Crippen MR) is 93.7 cm³/mol. The lowest BCUT2D eigenvalue weighted by Crippen LogP contribution is -2.30. The summed E-state index contributed by atoms with van der Waals surface area (Å²) in [5.41, 5.74) is 3.16. The van der Waals surface area contributed by atoms with Crippen molar-refractivity contribution in [3.05, 3.63) is 29.7 Å². The van der Waals surface area contributed by atoms with Crippen molar-refractivity contribution in [1.82, 2.24) is 29.9 Å². The number of hydrogen-bond acceptors (Lipinski definition) is 6. The molecule has 0 saturated carbocycles. The monoisotopic (exact) mass is 359 g/mol. The maximum Gasteiger partial charge on any atom is 0.143 e. The Kier molecular flexibility index (Phi) is 4.61. The Hall–Kier alpha value is -2.63. The number of nitrogens with one attached hydrogen (secondary N) is 1. The summed E-state index contributed by atoms with van der Waals surface area (Å²) in [5.74, 6) is 0.0115. The lowest BCUT2D eigenvalue weighted by Gasteiger charge is -2.23. The summed E-state index contributed by atoms with van der Waals surface area (Å²) < 4.78 is 3.48. The molecular weight excluding hydrogens is 342 g/mol. The fraction of sp³-hybridized carbons (Fsp3) is 0.375. The zero-order chi connectivity index (χ0) is 16.7. The average Bonchev–Trinajstić information content (AvgIpc) is 3.19. The highest BCUT2D eigenvalue weighted by Crippen LogP contribution is 2.30. The molecule has 1 aliphatic rings. The van der Waals surface area contributed by atoms with E-state index in [0.717, 1.165) is 42.9 Å². The van der Waals surface area contributed by atoms with Gasteiger partial charge in [0.1, 0.15) is 28.6 Å². The molecule has 0 amide bonds. The van der Waals surface area contributed by atoms with Gasteiger partial charge >= 0.3 is 0 Å². The second kappa shape index (κ2) is 6.70. The van der Waals surface area contributed by atoms with E-state index in [1.54, 1.807) is 12.3 Å².